The molecule has 2 atom stereocenters. The number of rotatable bonds is 2. The number of benzene rings is 3. The van der Waals surface area contributed by atoms with Crippen molar-refractivity contribution in [3.8, 4) is 0 Å². The molecular weight excluding hydrogens is 356 g/mol. The van der Waals surface area contributed by atoms with E-state index < -0.39 is 0 Å². The van der Waals surface area contributed by atoms with E-state index in [1.54, 1.807) is 0 Å². The molecule has 2 N–H and O–H groups in total. The van der Waals surface area contributed by atoms with Crippen LogP contribution in [0.1, 0.15) is 41.5 Å². The summed E-state index contributed by atoms with van der Waals surface area (Å²) in [5, 5.41) is 7.27. The molecule has 144 valence electrons. The maximum atomic E-state index is 13.5. The van der Waals surface area contributed by atoms with E-state index in [2.05, 4.69) is 72.2 Å². The average molecular weight is 380 g/mol. The third-order valence-electron chi connectivity index (χ3n) is 6.08. The lowest BCUT2D eigenvalue weighted by atomic mass is 9.78. The highest BCUT2D eigenvalue weighted by Crippen LogP contribution is 2.44. The lowest BCUT2D eigenvalue weighted by Crippen LogP contribution is -2.27. The average Bonchev–Trinajstić information content (AvgIpc) is 2.91. The van der Waals surface area contributed by atoms with Crippen LogP contribution in [0.4, 0.5) is 11.4 Å². The van der Waals surface area contributed by atoms with E-state index in [1.165, 1.54) is 11.1 Å². The standard InChI is InChI=1S/C26H24N2O/c1-17-9-5-6-12-20(17)26-25-23(27-21-13-7-8-14-22(21)28-26)15-19(16-24(25)29)18-10-3-2-4-11-18/h2-14,19,26-28H,15-16H2,1H3/t19-,26-/m1/s1. The van der Waals surface area contributed by atoms with Gasteiger partial charge in [0.05, 0.1) is 17.4 Å². The second kappa shape index (κ2) is 7.25. The first kappa shape index (κ1) is 17.7. The summed E-state index contributed by atoms with van der Waals surface area (Å²) in [6.45, 7) is 2.11. The van der Waals surface area contributed by atoms with E-state index in [0.29, 0.717) is 6.42 Å². The molecule has 0 saturated heterocycles. The number of aryl methyl sites for hydroxylation is 1. The molecule has 2 aliphatic rings. The number of ketones is 1. The van der Waals surface area contributed by atoms with Crippen molar-refractivity contribution in [2.24, 2.45) is 0 Å². The third-order valence-corrected chi connectivity index (χ3v) is 6.08. The normalized spacial score (nSPS) is 20.8. The van der Waals surface area contributed by atoms with Gasteiger partial charge < -0.3 is 10.6 Å². The molecule has 3 nitrogen and oxygen atoms in total. The summed E-state index contributed by atoms with van der Waals surface area (Å²) in [5.41, 5.74) is 7.55. The van der Waals surface area contributed by atoms with Crippen LogP contribution in [0.25, 0.3) is 0 Å². The van der Waals surface area contributed by atoms with Gasteiger partial charge in [0, 0.05) is 17.7 Å². The van der Waals surface area contributed by atoms with Crippen LogP contribution in [-0.4, -0.2) is 5.78 Å². The van der Waals surface area contributed by atoms with E-state index in [-0.39, 0.29) is 17.7 Å². The zero-order valence-corrected chi connectivity index (χ0v) is 16.5. The van der Waals surface area contributed by atoms with E-state index in [1.807, 2.05) is 24.3 Å². The highest BCUT2D eigenvalue weighted by Gasteiger charge is 2.36. The van der Waals surface area contributed by atoms with E-state index in [9.17, 15) is 4.79 Å². The molecule has 29 heavy (non-hydrogen) atoms. The predicted molar refractivity (Wildman–Crippen MR) is 118 cm³/mol. The lowest BCUT2D eigenvalue weighted by Gasteiger charge is -2.30. The Morgan fingerprint density at radius 3 is 2.28 bits per heavy atom. The molecule has 0 aromatic heterocycles. The number of anilines is 2. The van der Waals surface area contributed by atoms with Gasteiger partial charge in [-0.1, -0.05) is 66.7 Å². The van der Waals surface area contributed by atoms with E-state index in [0.717, 1.165) is 34.6 Å². The molecule has 1 aliphatic carbocycles. The van der Waals surface area contributed by atoms with Gasteiger partial charge in [-0.2, -0.15) is 0 Å². The number of carbonyl (C=O) groups excluding carboxylic acids is 1. The van der Waals surface area contributed by atoms with Crippen molar-refractivity contribution in [3.05, 3.63) is 107 Å². The Labute approximate surface area is 171 Å². The molecule has 0 spiro atoms. The molecule has 3 aromatic rings. The van der Waals surface area contributed by atoms with Crippen LogP contribution >= 0.6 is 0 Å². The smallest absolute Gasteiger partial charge is 0.163 e. The van der Waals surface area contributed by atoms with Crippen molar-refractivity contribution in [1.82, 2.24) is 0 Å². The highest BCUT2D eigenvalue weighted by molar-refractivity contribution is 6.01. The summed E-state index contributed by atoms with van der Waals surface area (Å²) in [7, 11) is 0. The van der Waals surface area contributed by atoms with Crippen LogP contribution in [0, 0.1) is 6.92 Å². The summed E-state index contributed by atoms with van der Waals surface area (Å²) in [6.07, 6.45) is 1.38. The number of para-hydroxylation sites is 2. The summed E-state index contributed by atoms with van der Waals surface area (Å²) in [6, 6.07) is 26.8. The Kier molecular flexibility index (Phi) is 4.44. The Balaban J connectivity index is 1.64. The molecule has 5 rings (SSSR count). The van der Waals surface area contributed by atoms with Crippen LogP contribution in [0.2, 0.25) is 0 Å². The first-order valence-corrected chi connectivity index (χ1v) is 10.2. The minimum atomic E-state index is -0.147. The van der Waals surface area contributed by atoms with E-state index >= 15 is 0 Å². The van der Waals surface area contributed by atoms with Crippen LogP contribution in [0.5, 0.6) is 0 Å². The van der Waals surface area contributed by atoms with Crippen molar-refractivity contribution in [2.75, 3.05) is 10.6 Å². The predicted octanol–water partition coefficient (Wildman–Crippen LogP) is 5.97. The van der Waals surface area contributed by atoms with Crippen molar-refractivity contribution < 1.29 is 4.79 Å². The van der Waals surface area contributed by atoms with Gasteiger partial charge in [-0.3, -0.25) is 4.79 Å². The molecule has 1 aliphatic heterocycles. The zero-order valence-electron chi connectivity index (χ0n) is 16.5. The van der Waals surface area contributed by atoms with Gasteiger partial charge in [0.2, 0.25) is 0 Å². The zero-order chi connectivity index (χ0) is 19.8. The van der Waals surface area contributed by atoms with E-state index in [4.69, 9.17) is 0 Å². The van der Waals surface area contributed by atoms with Gasteiger partial charge in [-0.15, -0.1) is 0 Å². The second-order valence-electron chi connectivity index (χ2n) is 7.94. The molecule has 0 radical (unpaired) electrons. The molecule has 0 fully saturated rings. The van der Waals surface area contributed by atoms with Gasteiger partial charge in [-0.05, 0) is 48.1 Å². The number of fused-ring (bicyclic) bond motifs is 1. The molecule has 0 saturated carbocycles. The van der Waals surface area contributed by atoms with Crippen LogP contribution in [0.15, 0.2) is 90.1 Å². The molecule has 0 unspecified atom stereocenters. The Hall–Kier alpha value is -3.33. The van der Waals surface area contributed by atoms with Crippen LogP contribution in [-0.2, 0) is 4.79 Å². The monoisotopic (exact) mass is 380 g/mol. The maximum absolute atomic E-state index is 13.5. The lowest BCUT2D eigenvalue weighted by molar-refractivity contribution is -0.116. The number of hydrogen-bond donors (Lipinski definition) is 2. The molecule has 3 aromatic carbocycles. The summed E-state index contributed by atoms with van der Waals surface area (Å²) >= 11 is 0. The number of carbonyl (C=O) groups is 1. The summed E-state index contributed by atoms with van der Waals surface area (Å²) < 4.78 is 0. The second-order valence-corrected chi connectivity index (χ2v) is 7.94. The fraction of sp³-hybridized carbons (Fsp3) is 0.192. The minimum absolute atomic E-state index is 0.147. The topological polar surface area (TPSA) is 41.1 Å². The minimum Gasteiger partial charge on any atom is -0.372 e. The van der Waals surface area contributed by atoms with Gasteiger partial charge in [0.25, 0.3) is 0 Å². The van der Waals surface area contributed by atoms with Gasteiger partial charge in [-0.25, -0.2) is 0 Å². The molecule has 1 heterocycles. The van der Waals surface area contributed by atoms with Crippen molar-refractivity contribution in [3.63, 3.8) is 0 Å². The SMILES string of the molecule is Cc1ccccc1[C@H]1Nc2ccccc2NC2=C1C(=O)C[C@H](c1ccccc1)C2. The van der Waals surface area contributed by atoms with Crippen molar-refractivity contribution >= 4 is 17.2 Å². The summed E-state index contributed by atoms with van der Waals surface area (Å²) in [4.78, 5) is 13.5. The summed E-state index contributed by atoms with van der Waals surface area (Å²) in [5.74, 6) is 0.430. The number of Topliss-reactive ketones (excluding diaryl/α,β-unsaturated/α-hetero) is 1. The van der Waals surface area contributed by atoms with Gasteiger partial charge >= 0.3 is 0 Å². The molecular formula is C26H24N2O. The fourth-order valence-corrected chi connectivity index (χ4v) is 4.60. The Morgan fingerprint density at radius 2 is 1.48 bits per heavy atom. The van der Waals surface area contributed by atoms with Crippen LogP contribution < -0.4 is 10.6 Å². The van der Waals surface area contributed by atoms with Crippen molar-refractivity contribution in [2.45, 2.75) is 31.7 Å². The van der Waals surface area contributed by atoms with Gasteiger partial charge in [0.15, 0.2) is 5.78 Å². The molecule has 0 amide bonds. The Morgan fingerprint density at radius 1 is 0.793 bits per heavy atom. The quantitative estimate of drug-likeness (QED) is 0.575. The number of allylic oxidation sites excluding steroid dienone is 1. The largest absolute Gasteiger partial charge is 0.372 e. The number of hydrogen-bond acceptors (Lipinski definition) is 3. The molecule has 3 heteroatoms. The third kappa shape index (κ3) is 3.23. The first-order chi connectivity index (χ1) is 14.2. The maximum Gasteiger partial charge on any atom is 0.163 e. The fourth-order valence-electron chi connectivity index (χ4n) is 4.60. The van der Waals surface area contributed by atoms with Crippen molar-refractivity contribution in [1.29, 1.82) is 0 Å². The molecule has 0 bridgehead atoms. The Bertz CT molecular complexity index is 1100. The van der Waals surface area contributed by atoms with Gasteiger partial charge in [0.1, 0.15) is 0 Å². The van der Waals surface area contributed by atoms with Crippen LogP contribution in [0.3, 0.4) is 0 Å². The highest BCUT2D eigenvalue weighted by atomic mass is 16.1. The number of nitrogens with one attached hydrogen (secondary N) is 2. The first-order valence-electron chi connectivity index (χ1n) is 10.2.